The third kappa shape index (κ3) is 5.61. The number of nitrogens with one attached hydrogen (secondary N) is 2. The lowest BCUT2D eigenvalue weighted by Gasteiger charge is -2.20. The molecule has 0 saturated carbocycles. The summed E-state index contributed by atoms with van der Waals surface area (Å²) in [6.07, 6.45) is 0. The molecule has 9 heteroatoms. The number of carbonyl (C=O) groups excluding carboxylic acids is 1. The minimum atomic E-state index is -3.77. The number of rotatable bonds is 9. The molecule has 3 aromatic rings. The van der Waals surface area contributed by atoms with Gasteiger partial charge in [-0.1, -0.05) is 12.1 Å². The molecule has 0 fully saturated rings. The molecule has 0 amide bonds. The molecule has 1 heterocycles. The Hall–Kier alpha value is -3.46. The van der Waals surface area contributed by atoms with E-state index in [0.717, 1.165) is 30.3 Å². The molecule has 0 spiro atoms. The molecule has 0 aliphatic rings. The van der Waals surface area contributed by atoms with Gasteiger partial charge in [0.1, 0.15) is 5.82 Å². The van der Waals surface area contributed by atoms with Crippen LogP contribution < -0.4 is 14.9 Å². The van der Waals surface area contributed by atoms with Crippen molar-refractivity contribution in [3.05, 3.63) is 65.9 Å². The van der Waals surface area contributed by atoms with Crippen molar-refractivity contribution in [1.29, 1.82) is 0 Å². The number of hydrogen-bond donors (Lipinski definition) is 2. The molecule has 0 bridgehead atoms. The fourth-order valence-corrected chi connectivity index (χ4v) is 4.21. The van der Waals surface area contributed by atoms with E-state index in [1.54, 1.807) is 24.3 Å². The summed E-state index contributed by atoms with van der Waals surface area (Å²) in [5.74, 6) is 1.21. The summed E-state index contributed by atoms with van der Waals surface area (Å²) in [5, 5.41) is 3.17. The molecule has 3 rings (SSSR count). The Bertz CT molecular complexity index is 1190. The van der Waals surface area contributed by atoms with Crippen LogP contribution in [0.25, 0.3) is 0 Å². The van der Waals surface area contributed by atoms with E-state index in [9.17, 15) is 13.2 Å². The van der Waals surface area contributed by atoms with Gasteiger partial charge in [-0.05, 0) is 64.1 Å². The van der Waals surface area contributed by atoms with Gasteiger partial charge in [-0.15, -0.1) is 0 Å². The second-order valence-corrected chi connectivity index (χ2v) is 8.93. The lowest BCUT2D eigenvalue weighted by atomic mass is 10.2. The molecule has 1 aromatic heterocycles. The lowest BCUT2D eigenvalue weighted by Crippen LogP contribution is -2.23. The first kappa shape index (κ1) is 23.2. The summed E-state index contributed by atoms with van der Waals surface area (Å²) in [6.45, 7) is 9.19. The Balaban J connectivity index is 1.73. The summed E-state index contributed by atoms with van der Waals surface area (Å²) in [6, 6.07) is 14.6. The van der Waals surface area contributed by atoms with Crippen molar-refractivity contribution in [2.24, 2.45) is 0 Å². The average Bonchev–Trinajstić information content (AvgIpc) is 2.75. The zero-order valence-electron chi connectivity index (χ0n) is 18.6. The van der Waals surface area contributed by atoms with Gasteiger partial charge in [0.15, 0.2) is 5.78 Å². The number of nitrogens with zero attached hydrogens (tertiary/aromatic N) is 3. The third-order valence-electron chi connectivity index (χ3n) is 4.89. The fourth-order valence-electron chi connectivity index (χ4n) is 3.15. The highest BCUT2D eigenvalue weighted by atomic mass is 32.2. The summed E-state index contributed by atoms with van der Waals surface area (Å²) in [4.78, 5) is 22.6. The van der Waals surface area contributed by atoms with Crippen LogP contribution >= 0.6 is 0 Å². The molecule has 2 aromatic carbocycles. The number of Topliss-reactive ketones (excluding diaryl/α,β-unsaturated/α-hetero) is 1. The monoisotopic (exact) mass is 453 g/mol. The summed E-state index contributed by atoms with van der Waals surface area (Å²) >= 11 is 0. The van der Waals surface area contributed by atoms with E-state index in [1.165, 1.54) is 31.2 Å². The minimum Gasteiger partial charge on any atom is -0.357 e. The van der Waals surface area contributed by atoms with Crippen molar-refractivity contribution in [1.82, 2.24) is 9.97 Å². The van der Waals surface area contributed by atoms with E-state index in [0.29, 0.717) is 17.2 Å². The Kier molecular flexibility index (Phi) is 7.09. The molecule has 8 nitrogen and oxygen atoms in total. The van der Waals surface area contributed by atoms with Crippen LogP contribution in [-0.2, 0) is 10.0 Å². The highest BCUT2D eigenvalue weighted by Gasteiger charge is 2.15. The van der Waals surface area contributed by atoms with Crippen LogP contribution in [0.15, 0.2) is 59.5 Å². The number of sulfonamides is 1. The molecule has 168 valence electrons. The normalized spacial score (nSPS) is 11.1. The van der Waals surface area contributed by atoms with Crippen LogP contribution in [0.1, 0.15) is 36.8 Å². The zero-order chi connectivity index (χ0) is 23.3. The third-order valence-corrected chi connectivity index (χ3v) is 6.29. The maximum Gasteiger partial charge on any atom is 0.261 e. The SMILES string of the molecule is CCN(CC)c1cc(C)nc(Nc2ccc(NS(=O)(=O)c3ccc(C(C)=O)cc3)cc2)n1. The van der Waals surface area contributed by atoms with E-state index < -0.39 is 10.0 Å². The van der Waals surface area contributed by atoms with Gasteiger partial charge in [0, 0.05) is 41.8 Å². The number of anilines is 4. The molecule has 0 unspecified atom stereocenters. The predicted molar refractivity (Wildman–Crippen MR) is 127 cm³/mol. The molecule has 0 radical (unpaired) electrons. The van der Waals surface area contributed by atoms with Crippen molar-refractivity contribution in [3.8, 4) is 0 Å². The van der Waals surface area contributed by atoms with Gasteiger partial charge in [0.25, 0.3) is 10.0 Å². The largest absolute Gasteiger partial charge is 0.357 e. The molecule has 0 aliphatic carbocycles. The van der Waals surface area contributed by atoms with Crippen LogP contribution in [0.3, 0.4) is 0 Å². The number of carbonyl (C=O) groups is 1. The minimum absolute atomic E-state index is 0.0850. The predicted octanol–water partition coefficient (Wildman–Crippen LogP) is 4.38. The smallest absolute Gasteiger partial charge is 0.261 e. The Morgan fingerprint density at radius 1 is 0.938 bits per heavy atom. The maximum absolute atomic E-state index is 12.6. The second kappa shape index (κ2) is 9.78. The van der Waals surface area contributed by atoms with E-state index in [1.807, 2.05) is 13.0 Å². The summed E-state index contributed by atoms with van der Waals surface area (Å²) in [7, 11) is -3.77. The number of aromatic nitrogens is 2. The molecular weight excluding hydrogens is 426 g/mol. The highest BCUT2D eigenvalue weighted by Crippen LogP contribution is 2.22. The Morgan fingerprint density at radius 3 is 2.09 bits per heavy atom. The van der Waals surface area contributed by atoms with Gasteiger partial charge in [-0.2, -0.15) is 4.98 Å². The van der Waals surface area contributed by atoms with E-state index in [2.05, 4.69) is 38.8 Å². The van der Waals surface area contributed by atoms with Gasteiger partial charge in [-0.3, -0.25) is 9.52 Å². The van der Waals surface area contributed by atoms with Crippen molar-refractivity contribution in [3.63, 3.8) is 0 Å². The fraction of sp³-hybridized carbons (Fsp3) is 0.261. The van der Waals surface area contributed by atoms with Gasteiger partial charge >= 0.3 is 0 Å². The first-order chi connectivity index (χ1) is 15.2. The number of benzene rings is 2. The van der Waals surface area contributed by atoms with Gasteiger partial charge in [0.05, 0.1) is 4.90 Å². The number of aryl methyl sites for hydroxylation is 1. The van der Waals surface area contributed by atoms with Gasteiger partial charge < -0.3 is 10.2 Å². The average molecular weight is 454 g/mol. The molecule has 0 saturated heterocycles. The van der Waals surface area contributed by atoms with E-state index in [-0.39, 0.29) is 10.7 Å². The van der Waals surface area contributed by atoms with Crippen LogP contribution in [0, 0.1) is 6.92 Å². The van der Waals surface area contributed by atoms with Crippen LogP contribution in [0.5, 0.6) is 0 Å². The van der Waals surface area contributed by atoms with Crippen molar-refractivity contribution in [2.75, 3.05) is 28.0 Å². The highest BCUT2D eigenvalue weighted by molar-refractivity contribution is 7.92. The summed E-state index contributed by atoms with van der Waals surface area (Å²) < 4.78 is 27.8. The Morgan fingerprint density at radius 2 is 1.53 bits per heavy atom. The first-order valence-corrected chi connectivity index (χ1v) is 11.8. The van der Waals surface area contributed by atoms with Crippen molar-refractivity contribution < 1.29 is 13.2 Å². The Labute approximate surface area is 188 Å². The van der Waals surface area contributed by atoms with Crippen molar-refractivity contribution >= 4 is 38.9 Å². The van der Waals surface area contributed by atoms with E-state index in [4.69, 9.17) is 0 Å². The van der Waals surface area contributed by atoms with E-state index >= 15 is 0 Å². The molecule has 0 atom stereocenters. The first-order valence-electron chi connectivity index (χ1n) is 10.3. The topological polar surface area (TPSA) is 104 Å². The quantitative estimate of drug-likeness (QED) is 0.463. The van der Waals surface area contributed by atoms with Gasteiger partial charge in [0.2, 0.25) is 5.95 Å². The standard InChI is InChI=1S/C23H27N5O3S/c1-5-28(6-2)22-15-16(3)24-23(26-22)25-19-9-11-20(12-10-19)27-32(30,31)21-13-7-18(8-14-21)17(4)29/h7-15,27H,5-6H2,1-4H3,(H,24,25,26). The zero-order valence-corrected chi connectivity index (χ0v) is 19.4. The number of hydrogen-bond acceptors (Lipinski definition) is 7. The van der Waals surface area contributed by atoms with Gasteiger partial charge in [-0.25, -0.2) is 13.4 Å². The lowest BCUT2D eigenvalue weighted by molar-refractivity contribution is 0.101. The van der Waals surface area contributed by atoms with Crippen LogP contribution in [0.4, 0.5) is 23.1 Å². The second-order valence-electron chi connectivity index (χ2n) is 7.25. The molecular formula is C23H27N5O3S. The summed E-state index contributed by atoms with van der Waals surface area (Å²) in [5.41, 5.74) is 2.46. The van der Waals surface area contributed by atoms with Crippen molar-refractivity contribution in [2.45, 2.75) is 32.6 Å². The molecule has 32 heavy (non-hydrogen) atoms. The maximum atomic E-state index is 12.6. The van der Waals surface area contributed by atoms with Crippen LogP contribution in [-0.4, -0.2) is 37.3 Å². The molecule has 2 N–H and O–H groups in total. The molecule has 0 aliphatic heterocycles. The number of ketones is 1. The van der Waals surface area contributed by atoms with Crippen LogP contribution in [0.2, 0.25) is 0 Å².